The van der Waals surface area contributed by atoms with E-state index in [9.17, 15) is 0 Å². The fourth-order valence-corrected chi connectivity index (χ4v) is 3.93. The summed E-state index contributed by atoms with van der Waals surface area (Å²) in [6.07, 6.45) is 0. The minimum absolute atomic E-state index is 0.755. The van der Waals surface area contributed by atoms with E-state index >= 15 is 0 Å². The van der Waals surface area contributed by atoms with Gasteiger partial charge in [-0.1, -0.05) is 59.8 Å². The van der Waals surface area contributed by atoms with E-state index < -0.39 is 0 Å². The smallest absolute Gasteiger partial charge is 0.212 e. The van der Waals surface area contributed by atoms with E-state index in [1.807, 2.05) is 59.3 Å². The molecule has 0 unspecified atom stereocenters. The van der Waals surface area contributed by atoms with Crippen LogP contribution >= 0.6 is 11.8 Å². The van der Waals surface area contributed by atoms with Crippen molar-refractivity contribution in [3.05, 3.63) is 90.0 Å². The molecule has 0 N–H and O–H groups in total. The molecule has 0 amide bonds. The van der Waals surface area contributed by atoms with Crippen molar-refractivity contribution in [1.82, 2.24) is 14.9 Å². The maximum atomic E-state index is 5.88. The van der Waals surface area contributed by atoms with Crippen molar-refractivity contribution in [1.29, 1.82) is 0 Å². The lowest BCUT2D eigenvalue weighted by molar-refractivity contribution is 0.482. The van der Waals surface area contributed by atoms with Crippen LogP contribution in [0.3, 0.4) is 0 Å². The summed E-state index contributed by atoms with van der Waals surface area (Å²) in [5.41, 5.74) is 4.27. The van der Waals surface area contributed by atoms with Gasteiger partial charge >= 0.3 is 0 Å². The van der Waals surface area contributed by atoms with Crippen LogP contribution in [0.5, 0.6) is 11.5 Å². The predicted molar refractivity (Wildman–Crippen MR) is 116 cm³/mol. The molecule has 0 saturated heterocycles. The maximum absolute atomic E-state index is 5.88. The number of aromatic nitrogens is 3. The first kappa shape index (κ1) is 17.7. The Morgan fingerprint density at radius 2 is 1.48 bits per heavy atom. The van der Waals surface area contributed by atoms with Crippen LogP contribution in [0.4, 0.5) is 0 Å². The van der Waals surface area contributed by atoms with Gasteiger partial charge in [-0.05, 0) is 48.9 Å². The van der Waals surface area contributed by atoms with Gasteiger partial charge in [0.1, 0.15) is 11.5 Å². The molecule has 5 nitrogen and oxygen atoms in total. The van der Waals surface area contributed by atoms with Gasteiger partial charge in [0.2, 0.25) is 5.16 Å². The highest BCUT2D eigenvalue weighted by atomic mass is 32.2. The number of hydrogen-bond acceptors (Lipinski definition) is 5. The van der Waals surface area contributed by atoms with Crippen molar-refractivity contribution >= 4 is 17.5 Å². The number of thioether (sulfide) groups is 1. The molecule has 0 fully saturated rings. The molecule has 29 heavy (non-hydrogen) atoms. The quantitative estimate of drug-likeness (QED) is 0.462. The first-order chi connectivity index (χ1) is 14.3. The van der Waals surface area contributed by atoms with Crippen LogP contribution in [-0.4, -0.2) is 26.3 Å². The number of ether oxygens (including phenoxy) is 1. The highest BCUT2D eigenvalue weighted by Crippen LogP contribution is 2.29. The van der Waals surface area contributed by atoms with Crippen LogP contribution in [0.2, 0.25) is 0 Å². The summed E-state index contributed by atoms with van der Waals surface area (Å²) in [5.74, 6) is 3.14. The van der Waals surface area contributed by atoms with Gasteiger partial charge in [-0.25, -0.2) is 0 Å². The van der Waals surface area contributed by atoms with E-state index in [-0.39, 0.29) is 0 Å². The average Bonchev–Trinajstić information content (AvgIpc) is 3.19. The summed E-state index contributed by atoms with van der Waals surface area (Å²) in [6.45, 7) is 2.07. The lowest BCUT2D eigenvalue weighted by atomic mass is 10.1. The zero-order valence-electron chi connectivity index (χ0n) is 15.8. The topological polar surface area (TPSA) is 52.3 Å². The van der Waals surface area contributed by atoms with Crippen LogP contribution in [0, 0.1) is 6.92 Å². The standard InChI is InChI=1S/C23H18N4OS/c1-16-7-9-18(10-8-16)22-24-25-23-27(22)26-21(15-29-23)17-11-13-20(14-12-17)28-19-5-3-2-4-6-19/h2-14H,15H2,1H3. The molecule has 0 spiro atoms. The molecule has 6 heteroatoms. The Kier molecular flexibility index (Phi) is 4.62. The Morgan fingerprint density at radius 3 is 2.24 bits per heavy atom. The molecule has 0 aliphatic carbocycles. The highest BCUT2D eigenvalue weighted by molar-refractivity contribution is 7.99. The third-order valence-corrected chi connectivity index (χ3v) is 5.58. The predicted octanol–water partition coefficient (Wildman–Crippen LogP) is 5.40. The van der Waals surface area contributed by atoms with Crippen molar-refractivity contribution < 1.29 is 4.74 Å². The largest absolute Gasteiger partial charge is 0.457 e. The lowest BCUT2D eigenvalue weighted by Gasteiger charge is -2.14. The summed E-state index contributed by atoms with van der Waals surface area (Å²) in [5, 5.41) is 14.3. The lowest BCUT2D eigenvalue weighted by Crippen LogP contribution is -2.13. The molecular formula is C23H18N4OS. The SMILES string of the molecule is Cc1ccc(-c2nnc3n2N=C(c2ccc(Oc4ccccc4)cc2)CS3)cc1. The molecule has 2 heterocycles. The normalized spacial score (nSPS) is 12.9. The fourth-order valence-electron chi connectivity index (χ4n) is 3.09. The van der Waals surface area contributed by atoms with E-state index in [1.54, 1.807) is 11.8 Å². The summed E-state index contributed by atoms with van der Waals surface area (Å²) < 4.78 is 7.72. The second-order valence-corrected chi connectivity index (χ2v) is 7.70. The summed E-state index contributed by atoms with van der Waals surface area (Å²) in [7, 11) is 0. The van der Waals surface area contributed by atoms with Crippen LogP contribution < -0.4 is 4.74 Å². The molecular weight excluding hydrogens is 380 g/mol. The Hall–Kier alpha value is -3.38. The Balaban J connectivity index is 1.42. The third kappa shape index (κ3) is 3.67. The van der Waals surface area contributed by atoms with E-state index in [1.165, 1.54) is 5.56 Å². The van der Waals surface area contributed by atoms with Gasteiger partial charge in [0.25, 0.3) is 0 Å². The number of rotatable bonds is 4. The van der Waals surface area contributed by atoms with Gasteiger partial charge in [-0.3, -0.25) is 0 Å². The molecule has 4 aromatic rings. The monoisotopic (exact) mass is 398 g/mol. The molecule has 0 radical (unpaired) electrons. The van der Waals surface area contributed by atoms with Gasteiger partial charge < -0.3 is 4.74 Å². The second kappa shape index (κ2) is 7.56. The number of hydrogen-bond donors (Lipinski definition) is 0. The molecule has 0 saturated carbocycles. The number of benzene rings is 3. The first-order valence-electron chi connectivity index (χ1n) is 9.33. The third-order valence-electron chi connectivity index (χ3n) is 4.65. The zero-order chi connectivity index (χ0) is 19.6. The summed E-state index contributed by atoms with van der Waals surface area (Å²) in [6, 6.07) is 26.0. The summed E-state index contributed by atoms with van der Waals surface area (Å²) >= 11 is 1.64. The van der Waals surface area contributed by atoms with E-state index in [0.29, 0.717) is 0 Å². The van der Waals surface area contributed by atoms with Crippen LogP contribution in [0.25, 0.3) is 11.4 Å². The fraction of sp³-hybridized carbons (Fsp3) is 0.0870. The average molecular weight is 398 g/mol. The van der Waals surface area contributed by atoms with Gasteiger partial charge in [0.05, 0.1) is 5.71 Å². The molecule has 142 valence electrons. The van der Waals surface area contributed by atoms with Gasteiger partial charge in [-0.15, -0.1) is 10.2 Å². The van der Waals surface area contributed by atoms with Crippen LogP contribution in [0.15, 0.2) is 89.1 Å². The number of fused-ring (bicyclic) bond motifs is 1. The molecule has 0 atom stereocenters. The van der Waals surface area contributed by atoms with Crippen molar-refractivity contribution in [3.63, 3.8) is 0 Å². The first-order valence-corrected chi connectivity index (χ1v) is 10.3. The Bertz CT molecular complexity index is 1170. The van der Waals surface area contributed by atoms with Gasteiger partial charge in [-0.2, -0.15) is 9.78 Å². The molecule has 1 aliphatic heterocycles. The van der Waals surface area contributed by atoms with E-state index in [4.69, 9.17) is 9.84 Å². The summed E-state index contributed by atoms with van der Waals surface area (Å²) in [4.78, 5) is 0. The zero-order valence-corrected chi connectivity index (χ0v) is 16.6. The highest BCUT2D eigenvalue weighted by Gasteiger charge is 2.20. The van der Waals surface area contributed by atoms with Crippen LogP contribution in [0.1, 0.15) is 11.1 Å². The molecule has 3 aromatic carbocycles. The van der Waals surface area contributed by atoms with Crippen molar-refractivity contribution in [2.75, 3.05) is 5.75 Å². The minimum Gasteiger partial charge on any atom is -0.457 e. The van der Waals surface area contributed by atoms with Crippen molar-refractivity contribution in [3.8, 4) is 22.9 Å². The molecule has 1 aromatic heterocycles. The van der Waals surface area contributed by atoms with Crippen LogP contribution in [-0.2, 0) is 0 Å². The molecule has 5 rings (SSSR count). The minimum atomic E-state index is 0.755. The van der Waals surface area contributed by atoms with E-state index in [0.717, 1.165) is 45.1 Å². The second-order valence-electron chi connectivity index (χ2n) is 6.76. The van der Waals surface area contributed by atoms with Gasteiger partial charge in [0, 0.05) is 11.3 Å². The van der Waals surface area contributed by atoms with E-state index in [2.05, 4.69) is 41.4 Å². The number of para-hydroxylation sites is 1. The Labute approximate surface area is 173 Å². The van der Waals surface area contributed by atoms with Crippen molar-refractivity contribution in [2.45, 2.75) is 12.1 Å². The number of nitrogens with zero attached hydrogens (tertiary/aromatic N) is 4. The number of aryl methyl sites for hydroxylation is 1. The molecule has 1 aliphatic rings. The Morgan fingerprint density at radius 1 is 0.793 bits per heavy atom. The van der Waals surface area contributed by atoms with Gasteiger partial charge in [0.15, 0.2) is 5.82 Å². The maximum Gasteiger partial charge on any atom is 0.212 e. The molecule has 0 bridgehead atoms. The van der Waals surface area contributed by atoms with Crippen molar-refractivity contribution in [2.24, 2.45) is 5.10 Å².